The van der Waals surface area contributed by atoms with Crippen molar-refractivity contribution < 1.29 is 13.2 Å². The van der Waals surface area contributed by atoms with Gasteiger partial charge in [-0.05, 0) is 45.2 Å². The summed E-state index contributed by atoms with van der Waals surface area (Å²) >= 11 is 0. The molecule has 3 aliphatic rings. The van der Waals surface area contributed by atoms with Gasteiger partial charge < -0.3 is 4.90 Å². The van der Waals surface area contributed by atoms with Crippen LogP contribution in [0.4, 0.5) is 0 Å². The van der Waals surface area contributed by atoms with Crippen molar-refractivity contribution in [2.75, 3.05) is 31.1 Å². The Labute approximate surface area is 127 Å². The molecule has 3 rings (SSSR count). The van der Waals surface area contributed by atoms with E-state index in [2.05, 4.69) is 11.8 Å². The van der Waals surface area contributed by atoms with Gasteiger partial charge in [0, 0.05) is 18.6 Å². The second-order valence-electron chi connectivity index (χ2n) is 6.68. The summed E-state index contributed by atoms with van der Waals surface area (Å²) in [6.45, 7) is 5.18. The maximum Gasteiger partial charge on any atom is 0.227 e. The van der Waals surface area contributed by atoms with Crippen molar-refractivity contribution in [3.05, 3.63) is 0 Å². The molecule has 0 aliphatic carbocycles. The van der Waals surface area contributed by atoms with E-state index in [9.17, 15) is 13.2 Å². The molecule has 3 atom stereocenters. The second kappa shape index (κ2) is 5.88. The third-order valence-corrected chi connectivity index (χ3v) is 7.20. The molecule has 21 heavy (non-hydrogen) atoms. The fourth-order valence-corrected chi connectivity index (χ4v) is 6.10. The molecule has 3 saturated heterocycles. The van der Waals surface area contributed by atoms with Crippen molar-refractivity contribution in [2.24, 2.45) is 5.92 Å². The topological polar surface area (TPSA) is 57.7 Å². The van der Waals surface area contributed by atoms with Crippen LogP contribution in [0.1, 0.15) is 39.0 Å². The molecule has 5 nitrogen and oxygen atoms in total. The third kappa shape index (κ3) is 2.97. The number of hydrogen-bond donors (Lipinski definition) is 0. The first-order valence-electron chi connectivity index (χ1n) is 8.27. The van der Waals surface area contributed by atoms with Crippen molar-refractivity contribution in [1.29, 1.82) is 0 Å². The highest BCUT2D eigenvalue weighted by Gasteiger charge is 2.43. The van der Waals surface area contributed by atoms with Crippen molar-refractivity contribution in [3.8, 4) is 0 Å². The molecule has 120 valence electrons. The number of carbonyl (C=O) groups is 1. The van der Waals surface area contributed by atoms with E-state index in [0.717, 1.165) is 32.5 Å². The number of hydrogen-bond acceptors (Lipinski definition) is 4. The number of likely N-dealkylation sites (tertiary alicyclic amines) is 2. The Balaban J connectivity index is 1.70. The number of sulfone groups is 1. The Morgan fingerprint density at radius 3 is 2.48 bits per heavy atom. The Bertz CT molecular complexity index is 505. The fraction of sp³-hybridized carbons (Fsp3) is 0.933. The summed E-state index contributed by atoms with van der Waals surface area (Å²) in [5.41, 5.74) is 0. The van der Waals surface area contributed by atoms with Gasteiger partial charge in [0.05, 0.1) is 17.4 Å². The zero-order valence-electron chi connectivity index (χ0n) is 12.8. The smallest absolute Gasteiger partial charge is 0.227 e. The van der Waals surface area contributed by atoms with Gasteiger partial charge in [-0.2, -0.15) is 0 Å². The van der Waals surface area contributed by atoms with E-state index < -0.39 is 9.84 Å². The molecule has 0 bridgehead atoms. The molecule has 0 saturated carbocycles. The van der Waals surface area contributed by atoms with E-state index in [1.54, 1.807) is 0 Å². The third-order valence-electron chi connectivity index (χ3n) is 5.43. The quantitative estimate of drug-likeness (QED) is 0.776. The van der Waals surface area contributed by atoms with Crippen LogP contribution in [0.5, 0.6) is 0 Å². The average Bonchev–Trinajstić information content (AvgIpc) is 3.14. The Kier molecular flexibility index (Phi) is 4.28. The highest BCUT2D eigenvalue weighted by molar-refractivity contribution is 7.91. The molecule has 0 aromatic rings. The summed E-state index contributed by atoms with van der Waals surface area (Å²) in [5, 5.41) is 0. The first-order chi connectivity index (χ1) is 10.0. The lowest BCUT2D eigenvalue weighted by molar-refractivity contribution is -0.136. The van der Waals surface area contributed by atoms with Gasteiger partial charge in [-0.25, -0.2) is 8.42 Å². The van der Waals surface area contributed by atoms with Gasteiger partial charge in [0.15, 0.2) is 9.84 Å². The van der Waals surface area contributed by atoms with Crippen LogP contribution in [0.25, 0.3) is 0 Å². The normalized spacial score (nSPS) is 36.4. The van der Waals surface area contributed by atoms with Gasteiger partial charge in [0.25, 0.3) is 0 Å². The Morgan fingerprint density at radius 2 is 1.81 bits per heavy atom. The monoisotopic (exact) mass is 314 g/mol. The summed E-state index contributed by atoms with van der Waals surface area (Å²) in [6, 6.07) is 0.794. The predicted octanol–water partition coefficient (Wildman–Crippen LogP) is 0.896. The number of amides is 1. The van der Waals surface area contributed by atoms with E-state index in [1.807, 2.05) is 4.90 Å². The molecule has 0 aromatic carbocycles. The summed E-state index contributed by atoms with van der Waals surface area (Å²) in [4.78, 5) is 17.2. The lowest BCUT2D eigenvalue weighted by Crippen LogP contribution is -2.49. The molecular weight excluding hydrogens is 288 g/mol. The summed E-state index contributed by atoms with van der Waals surface area (Å²) in [6.07, 6.45) is 5.04. The van der Waals surface area contributed by atoms with Crippen LogP contribution in [-0.2, 0) is 14.6 Å². The van der Waals surface area contributed by atoms with E-state index >= 15 is 0 Å². The van der Waals surface area contributed by atoms with E-state index in [-0.39, 0.29) is 23.3 Å². The van der Waals surface area contributed by atoms with Crippen molar-refractivity contribution in [1.82, 2.24) is 9.80 Å². The van der Waals surface area contributed by atoms with Crippen molar-refractivity contribution >= 4 is 15.7 Å². The SMILES string of the molecule is CCN1CCC[C@@H]1[C@@H]1CCCN1C(=O)[C@@H]1CCS(=O)(=O)C1. The summed E-state index contributed by atoms with van der Waals surface area (Å²) < 4.78 is 23.2. The standard InChI is InChI=1S/C15H26N2O3S/c1-2-16-8-3-5-13(16)14-6-4-9-17(14)15(18)12-7-10-21(19,20)11-12/h12-14H,2-11H2,1H3/t12-,13-,14+/m1/s1. The second-order valence-corrected chi connectivity index (χ2v) is 8.91. The van der Waals surface area contributed by atoms with Gasteiger partial charge >= 0.3 is 0 Å². The van der Waals surface area contributed by atoms with Crippen LogP contribution in [0.15, 0.2) is 0 Å². The summed E-state index contributed by atoms with van der Waals surface area (Å²) in [7, 11) is -2.98. The highest BCUT2D eigenvalue weighted by Crippen LogP contribution is 2.32. The minimum absolute atomic E-state index is 0.0667. The maximum atomic E-state index is 12.7. The minimum atomic E-state index is -2.98. The zero-order chi connectivity index (χ0) is 15.0. The van der Waals surface area contributed by atoms with Crippen LogP contribution in [0.2, 0.25) is 0 Å². The molecule has 0 N–H and O–H groups in total. The summed E-state index contributed by atoms with van der Waals surface area (Å²) in [5.74, 6) is 0.0671. The molecule has 1 amide bonds. The van der Waals surface area contributed by atoms with Gasteiger partial charge in [-0.15, -0.1) is 0 Å². The van der Waals surface area contributed by atoms with Crippen LogP contribution in [0, 0.1) is 5.92 Å². The van der Waals surface area contributed by atoms with Crippen LogP contribution >= 0.6 is 0 Å². The molecule has 3 heterocycles. The van der Waals surface area contributed by atoms with Gasteiger partial charge in [-0.3, -0.25) is 9.69 Å². The molecule has 0 unspecified atom stereocenters. The number of likely N-dealkylation sites (N-methyl/N-ethyl adjacent to an activating group) is 1. The van der Waals surface area contributed by atoms with Crippen LogP contribution in [-0.4, -0.2) is 67.3 Å². The number of rotatable bonds is 3. The first-order valence-corrected chi connectivity index (χ1v) is 10.1. The molecule has 3 fully saturated rings. The molecule has 3 aliphatic heterocycles. The first kappa shape index (κ1) is 15.3. The molecular formula is C15H26N2O3S. The van der Waals surface area contributed by atoms with E-state index in [4.69, 9.17) is 0 Å². The largest absolute Gasteiger partial charge is 0.338 e. The maximum absolute atomic E-state index is 12.7. The Morgan fingerprint density at radius 1 is 1.10 bits per heavy atom. The Hall–Kier alpha value is -0.620. The average molecular weight is 314 g/mol. The van der Waals surface area contributed by atoms with Gasteiger partial charge in [-0.1, -0.05) is 6.92 Å². The predicted molar refractivity (Wildman–Crippen MR) is 81.8 cm³/mol. The fourth-order valence-electron chi connectivity index (χ4n) is 4.37. The van der Waals surface area contributed by atoms with Crippen molar-refractivity contribution in [3.63, 3.8) is 0 Å². The van der Waals surface area contributed by atoms with Gasteiger partial charge in [0.2, 0.25) is 5.91 Å². The molecule has 6 heteroatoms. The number of nitrogens with zero attached hydrogens (tertiary/aromatic N) is 2. The molecule has 0 radical (unpaired) electrons. The van der Waals surface area contributed by atoms with Crippen molar-refractivity contribution in [2.45, 2.75) is 51.1 Å². The number of carbonyl (C=O) groups excluding carboxylic acids is 1. The van der Waals surface area contributed by atoms with E-state index in [1.165, 1.54) is 12.8 Å². The van der Waals surface area contributed by atoms with Crippen LogP contribution < -0.4 is 0 Å². The van der Waals surface area contributed by atoms with E-state index in [0.29, 0.717) is 18.5 Å². The molecule has 0 spiro atoms. The van der Waals surface area contributed by atoms with Gasteiger partial charge in [0.1, 0.15) is 0 Å². The minimum Gasteiger partial charge on any atom is -0.338 e. The van der Waals surface area contributed by atoms with Crippen LogP contribution in [0.3, 0.4) is 0 Å². The zero-order valence-corrected chi connectivity index (χ0v) is 13.6. The molecule has 0 aromatic heterocycles. The highest BCUT2D eigenvalue weighted by atomic mass is 32.2. The lowest BCUT2D eigenvalue weighted by atomic mass is 10.0. The lowest BCUT2D eigenvalue weighted by Gasteiger charge is -2.35.